The van der Waals surface area contributed by atoms with Gasteiger partial charge in [0.25, 0.3) is 0 Å². The summed E-state index contributed by atoms with van der Waals surface area (Å²) in [6.45, 7) is 5.26. The first-order chi connectivity index (χ1) is 14.0. The van der Waals surface area contributed by atoms with Gasteiger partial charge in [-0.25, -0.2) is 0 Å². The minimum atomic E-state index is -0.169. The van der Waals surface area contributed by atoms with E-state index in [-0.39, 0.29) is 17.3 Å². The van der Waals surface area contributed by atoms with Gasteiger partial charge in [0.15, 0.2) is 0 Å². The van der Waals surface area contributed by atoms with Crippen LogP contribution >= 0.6 is 11.8 Å². The fraction of sp³-hybridized carbons (Fsp3) is 0.435. The van der Waals surface area contributed by atoms with Crippen LogP contribution in [0.1, 0.15) is 30.9 Å². The number of aliphatic hydroxyl groups excluding tert-OH is 1. The Balaban J connectivity index is 1.43. The highest BCUT2D eigenvalue weighted by atomic mass is 32.2. The average Bonchev–Trinajstić information content (AvgIpc) is 2.75. The molecule has 0 bridgehead atoms. The molecule has 2 aromatic carbocycles. The number of methoxy groups -OCH3 is 1. The van der Waals surface area contributed by atoms with Crippen LogP contribution < -0.4 is 10.1 Å². The Kier molecular flexibility index (Phi) is 7.98. The third-order valence-corrected chi connectivity index (χ3v) is 6.31. The van der Waals surface area contributed by atoms with Crippen molar-refractivity contribution in [1.29, 1.82) is 0 Å². The van der Waals surface area contributed by atoms with E-state index in [4.69, 9.17) is 4.74 Å². The lowest BCUT2D eigenvalue weighted by Gasteiger charge is -2.29. The summed E-state index contributed by atoms with van der Waals surface area (Å²) in [4.78, 5) is 15.8. The molecule has 1 atom stereocenters. The summed E-state index contributed by atoms with van der Waals surface area (Å²) in [5, 5.41) is 12.5. The molecular formula is C23H30N2O3S. The van der Waals surface area contributed by atoms with Crippen LogP contribution in [-0.4, -0.2) is 47.5 Å². The van der Waals surface area contributed by atoms with Crippen LogP contribution in [0.25, 0.3) is 0 Å². The molecule has 6 heteroatoms. The summed E-state index contributed by atoms with van der Waals surface area (Å²) in [6.07, 6.45) is 1.58. The van der Waals surface area contributed by atoms with E-state index >= 15 is 0 Å². The maximum atomic E-state index is 12.4. The fourth-order valence-corrected chi connectivity index (χ4v) is 4.23. The number of benzene rings is 2. The Morgan fingerprint density at radius 2 is 1.76 bits per heavy atom. The molecule has 0 aromatic heterocycles. The second kappa shape index (κ2) is 10.7. The zero-order valence-corrected chi connectivity index (χ0v) is 18.0. The lowest BCUT2D eigenvalue weighted by atomic mass is 10.1. The summed E-state index contributed by atoms with van der Waals surface area (Å²) < 4.78 is 5.16. The lowest BCUT2D eigenvalue weighted by Crippen LogP contribution is -2.35. The third-order valence-electron chi connectivity index (χ3n) is 5.19. The van der Waals surface area contributed by atoms with Gasteiger partial charge in [0.1, 0.15) is 5.75 Å². The van der Waals surface area contributed by atoms with Crippen LogP contribution in [0.3, 0.4) is 0 Å². The van der Waals surface area contributed by atoms with Crippen molar-refractivity contribution in [3.63, 3.8) is 0 Å². The molecule has 2 aromatic rings. The molecule has 0 aliphatic carbocycles. The van der Waals surface area contributed by atoms with Crippen molar-refractivity contribution in [2.45, 2.75) is 49.1 Å². The molecule has 1 aliphatic heterocycles. The molecule has 2 N–H and O–H groups in total. The molecule has 1 saturated heterocycles. The fourth-order valence-electron chi connectivity index (χ4n) is 3.34. The molecule has 29 heavy (non-hydrogen) atoms. The number of hydrogen-bond donors (Lipinski definition) is 2. The first-order valence-corrected chi connectivity index (χ1v) is 11.0. The highest BCUT2D eigenvalue weighted by Gasteiger charge is 2.17. The van der Waals surface area contributed by atoms with Crippen molar-refractivity contribution in [2.75, 3.05) is 20.2 Å². The Bertz CT molecular complexity index is 772. The van der Waals surface area contributed by atoms with Crippen LogP contribution in [0.4, 0.5) is 0 Å². The van der Waals surface area contributed by atoms with Gasteiger partial charge in [-0.15, -0.1) is 11.8 Å². The molecule has 0 spiro atoms. The molecule has 1 heterocycles. The number of likely N-dealkylation sites (tertiary alicyclic amines) is 1. The van der Waals surface area contributed by atoms with Gasteiger partial charge in [0.2, 0.25) is 5.91 Å². The van der Waals surface area contributed by atoms with Crippen molar-refractivity contribution < 1.29 is 14.6 Å². The van der Waals surface area contributed by atoms with Crippen molar-refractivity contribution in [2.24, 2.45) is 0 Å². The molecule has 1 fully saturated rings. The Labute approximate surface area is 177 Å². The SMILES string of the molecule is COc1ccc(SC(C)C(=O)NCc2ccc(CN3CCC(O)CC3)cc2)cc1. The van der Waals surface area contributed by atoms with Gasteiger partial charge in [0, 0.05) is 31.1 Å². The smallest absolute Gasteiger partial charge is 0.233 e. The van der Waals surface area contributed by atoms with Crippen molar-refractivity contribution in [3.8, 4) is 5.75 Å². The number of hydrogen-bond acceptors (Lipinski definition) is 5. The number of nitrogens with one attached hydrogen (secondary N) is 1. The maximum Gasteiger partial charge on any atom is 0.233 e. The van der Waals surface area contributed by atoms with Gasteiger partial charge in [-0.3, -0.25) is 9.69 Å². The van der Waals surface area contributed by atoms with E-state index in [1.165, 1.54) is 17.3 Å². The van der Waals surface area contributed by atoms with E-state index < -0.39 is 0 Å². The number of carbonyl (C=O) groups is 1. The second-order valence-electron chi connectivity index (χ2n) is 7.48. The van der Waals surface area contributed by atoms with Gasteiger partial charge in [-0.05, 0) is 55.2 Å². The van der Waals surface area contributed by atoms with Crippen molar-refractivity contribution >= 4 is 17.7 Å². The molecule has 3 rings (SSSR count). The second-order valence-corrected chi connectivity index (χ2v) is 8.89. The standard InChI is InChI=1S/C23H30N2O3S/c1-17(29-22-9-7-21(28-2)8-10-22)23(27)24-15-18-3-5-19(6-4-18)16-25-13-11-20(26)12-14-25/h3-10,17,20,26H,11-16H2,1-2H3,(H,24,27). The van der Waals surface area contributed by atoms with E-state index in [0.717, 1.165) is 48.7 Å². The van der Waals surface area contributed by atoms with Gasteiger partial charge in [-0.2, -0.15) is 0 Å². The quantitative estimate of drug-likeness (QED) is 0.648. The highest BCUT2D eigenvalue weighted by molar-refractivity contribution is 8.00. The number of thioether (sulfide) groups is 1. The van der Waals surface area contributed by atoms with Crippen molar-refractivity contribution in [3.05, 3.63) is 59.7 Å². The molecule has 5 nitrogen and oxygen atoms in total. The summed E-state index contributed by atoms with van der Waals surface area (Å²) in [6, 6.07) is 16.2. The van der Waals surface area contributed by atoms with E-state index in [2.05, 4.69) is 34.5 Å². The number of piperidine rings is 1. The first-order valence-electron chi connectivity index (χ1n) is 10.1. The van der Waals surface area contributed by atoms with Gasteiger partial charge in [0.05, 0.1) is 18.5 Å². The van der Waals surface area contributed by atoms with E-state index in [1.807, 2.05) is 31.2 Å². The minimum absolute atomic E-state index is 0.0294. The van der Waals surface area contributed by atoms with Crippen LogP contribution in [0, 0.1) is 0 Å². The first kappa shape index (κ1) is 21.7. The molecule has 156 valence electrons. The zero-order chi connectivity index (χ0) is 20.6. The molecule has 1 aliphatic rings. The largest absolute Gasteiger partial charge is 0.497 e. The topological polar surface area (TPSA) is 61.8 Å². The number of ether oxygens (including phenoxy) is 1. The number of rotatable bonds is 8. The highest BCUT2D eigenvalue weighted by Crippen LogP contribution is 2.25. The minimum Gasteiger partial charge on any atom is -0.497 e. The normalized spacial score (nSPS) is 16.4. The van der Waals surface area contributed by atoms with Crippen LogP contribution in [0.2, 0.25) is 0 Å². The maximum absolute atomic E-state index is 12.4. The van der Waals surface area contributed by atoms with E-state index in [0.29, 0.717) is 6.54 Å². The number of nitrogens with zero attached hydrogens (tertiary/aromatic N) is 1. The van der Waals surface area contributed by atoms with Crippen LogP contribution in [-0.2, 0) is 17.9 Å². The molecule has 1 amide bonds. The average molecular weight is 415 g/mol. The Hall–Kier alpha value is -2.02. The van der Waals surface area contributed by atoms with Gasteiger partial charge < -0.3 is 15.2 Å². The summed E-state index contributed by atoms with van der Waals surface area (Å²) in [5.41, 5.74) is 2.36. The zero-order valence-electron chi connectivity index (χ0n) is 17.1. The van der Waals surface area contributed by atoms with Crippen LogP contribution in [0.15, 0.2) is 53.4 Å². The summed E-state index contributed by atoms with van der Waals surface area (Å²) in [7, 11) is 1.64. The third kappa shape index (κ3) is 6.77. The molecule has 0 saturated carbocycles. The molecule has 0 radical (unpaired) electrons. The predicted molar refractivity (Wildman–Crippen MR) is 117 cm³/mol. The molecule has 1 unspecified atom stereocenters. The molecular weight excluding hydrogens is 384 g/mol. The monoisotopic (exact) mass is 414 g/mol. The van der Waals surface area contributed by atoms with Crippen molar-refractivity contribution in [1.82, 2.24) is 10.2 Å². The Morgan fingerprint density at radius 1 is 1.14 bits per heavy atom. The lowest BCUT2D eigenvalue weighted by molar-refractivity contribution is -0.120. The van der Waals surface area contributed by atoms with Gasteiger partial charge in [-0.1, -0.05) is 24.3 Å². The number of aliphatic hydroxyl groups is 1. The van der Waals surface area contributed by atoms with Crippen LogP contribution in [0.5, 0.6) is 5.75 Å². The number of amides is 1. The summed E-state index contributed by atoms with van der Waals surface area (Å²) in [5.74, 6) is 0.842. The predicted octanol–water partition coefficient (Wildman–Crippen LogP) is 3.45. The van der Waals surface area contributed by atoms with Gasteiger partial charge >= 0.3 is 0 Å². The Morgan fingerprint density at radius 3 is 2.38 bits per heavy atom. The van der Waals surface area contributed by atoms with E-state index in [1.54, 1.807) is 7.11 Å². The van der Waals surface area contributed by atoms with E-state index in [9.17, 15) is 9.90 Å². The summed E-state index contributed by atoms with van der Waals surface area (Å²) >= 11 is 1.54. The number of carbonyl (C=O) groups excluding carboxylic acids is 1.